The summed E-state index contributed by atoms with van der Waals surface area (Å²) in [6.45, 7) is 0. The molecule has 0 bridgehead atoms. The van der Waals surface area contributed by atoms with E-state index in [4.69, 9.17) is 0 Å². The summed E-state index contributed by atoms with van der Waals surface area (Å²) in [7, 11) is 0. The van der Waals surface area contributed by atoms with Crippen LogP contribution in [-0.2, 0) is 0 Å². The normalized spacial score (nSPS) is 10.5. The van der Waals surface area contributed by atoms with Gasteiger partial charge in [-0.05, 0) is 24.3 Å². The second-order valence-electron chi connectivity index (χ2n) is 4.09. The fraction of sp³-hybridized carbons (Fsp3) is 0. The van der Waals surface area contributed by atoms with Gasteiger partial charge in [-0.3, -0.25) is 4.98 Å². The van der Waals surface area contributed by atoms with Gasteiger partial charge in [0.2, 0.25) is 0 Å². The number of aromatic carboxylic acids is 1. The van der Waals surface area contributed by atoms with Crippen molar-refractivity contribution in [3.05, 3.63) is 60.3 Å². The molecule has 1 N–H and O–H groups in total. The largest absolute Gasteiger partial charge is 0.478 e. The second-order valence-corrected chi connectivity index (χ2v) is 4.09. The molecule has 19 heavy (non-hydrogen) atoms. The monoisotopic (exact) mass is 250 g/mol. The van der Waals surface area contributed by atoms with Crippen molar-refractivity contribution >= 4 is 16.9 Å². The number of carboxylic acids is 1. The number of fused-ring (bicyclic) bond motifs is 1. The molecule has 0 atom stereocenters. The zero-order valence-electron chi connectivity index (χ0n) is 9.95. The van der Waals surface area contributed by atoms with Gasteiger partial charge in [-0.25, -0.2) is 9.78 Å². The van der Waals surface area contributed by atoms with Gasteiger partial charge in [-0.2, -0.15) is 0 Å². The number of hydrogen-bond donors (Lipinski definition) is 1. The predicted molar refractivity (Wildman–Crippen MR) is 71.9 cm³/mol. The zero-order chi connectivity index (χ0) is 13.2. The fourth-order valence-electron chi connectivity index (χ4n) is 2.00. The Morgan fingerprint density at radius 3 is 2.53 bits per heavy atom. The summed E-state index contributed by atoms with van der Waals surface area (Å²) in [6.07, 6.45) is 1.66. The van der Waals surface area contributed by atoms with Crippen LogP contribution in [0.4, 0.5) is 0 Å². The van der Waals surface area contributed by atoms with Gasteiger partial charge in [0.1, 0.15) is 0 Å². The van der Waals surface area contributed by atoms with Gasteiger partial charge in [0, 0.05) is 11.6 Å². The van der Waals surface area contributed by atoms with Gasteiger partial charge in [0.05, 0.1) is 22.5 Å². The van der Waals surface area contributed by atoms with E-state index in [-0.39, 0.29) is 5.56 Å². The van der Waals surface area contributed by atoms with E-state index in [0.717, 1.165) is 0 Å². The SMILES string of the molecule is O=C(O)c1cc(-c2ccccn2)nc2ccccc12. The van der Waals surface area contributed by atoms with E-state index in [1.807, 2.05) is 24.3 Å². The van der Waals surface area contributed by atoms with Crippen LogP contribution < -0.4 is 0 Å². The first-order valence-corrected chi connectivity index (χ1v) is 5.80. The third kappa shape index (κ3) is 2.04. The molecule has 92 valence electrons. The molecule has 3 rings (SSSR count). The first-order chi connectivity index (χ1) is 9.25. The molecule has 0 radical (unpaired) electrons. The molecule has 0 saturated heterocycles. The predicted octanol–water partition coefficient (Wildman–Crippen LogP) is 3.00. The molecule has 2 heterocycles. The van der Waals surface area contributed by atoms with Crippen molar-refractivity contribution in [1.82, 2.24) is 9.97 Å². The van der Waals surface area contributed by atoms with E-state index in [1.54, 1.807) is 30.5 Å². The Bertz CT molecular complexity index is 754. The summed E-state index contributed by atoms with van der Waals surface area (Å²) in [6, 6.07) is 14.2. The highest BCUT2D eigenvalue weighted by atomic mass is 16.4. The van der Waals surface area contributed by atoms with Gasteiger partial charge in [0.25, 0.3) is 0 Å². The maximum atomic E-state index is 11.4. The van der Waals surface area contributed by atoms with Crippen LogP contribution in [0.25, 0.3) is 22.3 Å². The lowest BCUT2D eigenvalue weighted by Gasteiger charge is -2.06. The van der Waals surface area contributed by atoms with Crippen molar-refractivity contribution in [2.45, 2.75) is 0 Å². The molecule has 0 amide bonds. The molecule has 0 aliphatic carbocycles. The van der Waals surface area contributed by atoms with E-state index >= 15 is 0 Å². The molecule has 0 unspecified atom stereocenters. The van der Waals surface area contributed by atoms with Gasteiger partial charge in [-0.1, -0.05) is 24.3 Å². The number of nitrogens with zero attached hydrogens (tertiary/aromatic N) is 2. The molecule has 4 nitrogen and oxygen atoms in total. The summed E-state index contributed by atoms with van der Waals surface area (Å²) >= 11 is 0. The minimum atomic E-state index is -0.962. The topological polar surface area (TPSA) is 63.1 Å². The van der Waals surface area contributed by atoms with E-state index in [2.05, 4.69) is 9.97 Å². The third-order valence-corrected chi connectivity index (χ3v) is 2.87. The summed E-state index contributed by atoms with van der Waals surface area (Å²) in [5, 5.41) is 9.94. The Morgan fingerprint density at radius 2 is 1.79 bits per heavy atom. The number of hydrogen-bond acceptors (Lipinski definition) is 3. The van der Waals surface area contributed by atoms with Gasteiger partial charge >= 0.3 is 5.97 Å². The molecule has 0 saturated carbocycles. The average molecular weight is 250 g/mol. The summed E-state index contributed by atoms with van der Waals surface area (Å²) in [5.41, 5.74) is 2.13. The zero-order valence-corrected chi connectivity index (χ0v) is 9.95. The highest BCUT2D eigenvalue weighted by Gasteiger charge is 2.12. The third-order valence-electron chi connectivity index (χ3n) is 2.87. The Kier molecular flexibility index (Phi) is 2.68. The van der Waals surface area contributed by atoms with Crippen LogP contribution in [0.5, 0.6) is 0 Å². The minimum absolute atomic E-state index is 0.242. The number of rotatable bonds is 2. The van der Waals surface area contributed by atoms with Crippen molar-refractivity contribution in [1.29, 1.82) is 0 Å². The molecule has 2 aromatic heterocycles. The van der Waals surface area contributed by atoms with Crippen LogP contribution in [0.15, 0.2) is 54.7 Å². The van der Waals surface area contributed by atoms with Crippen LogP contribution in [0, 0.1) is 0 Å². The fourth-order valence-corrected chi connectivity index (χ4v) is 2.00. The van der Waals surface area contributed by atoms with Crippen LogP contribution in [-0.4, -0.2) is 21.0 Å². The van der Waals surface area contributed by atoms with Crippen LogP contribution in [0.1, 0.15) is 10.4 Å². The minimum Gasteiger partial charge on any atom is -0.478 e. The molecule has 0 spiro atoms. The lowest BCUT2D eigenvalue weighted by Crippen LogP contribution is -2.00. The first kappa shape index (κ1) is 11.3. The van der Waals surface area contributed by atoms with E-state index in [9.17, 15) is 9.90 Å². The van der Waals surface area contributed by atoms with Crippen molar-refractivity contribution in [3.8, 4) is 11.4 Å². The van der Waals surface area contributed by atoms with Gasteiger partial charge in [-0.15, -0.1) is 0 Å². The Morgan fingerprint density at radius 1 is 1.00 bits per heavy atom. The summed E-state index contributed by atoms with van der Waals surface area (Å²) in [4.78, 5) is 20.0. The van der Waals surface area contributed by atoms with Crippen LogP contribution >= 0.6 is 0 Å². The van der Waals surface area contributed by atoms with Crippen molar-refractivity contribution < 1.29 is 9.90 Å². The Hall–Kier alpha value is -2.75. The van der Waals surface area contributed by atoms with Crippen molar-refractivity contribution in [3.63, 3.8) is 0 Å². The van der Waals surface area contributed by atoms with E-state index in [0.29, 0.717) is 22.3 Å². The first-order valence-electron chi connectivity index (χ1n) is 5.80. The van der Waals surface area contributed by atoms with Crippen LogP contribution in [0.3, 0.4) is 0 Å². The second kappa shape index (κ2) is 4.49. The lowest BCUT2D eigenvalue weighted by molar-refractivity contribution is 0.0699. The summed E-state index contributed by atoms with van der Waals surface area (Å²) < 4.78 is 0. The molecule has 3 aromatic rings. The molecule has 0 aliphatic heterocycles. The molecule has 1 aromatic carbocycles. The quantitative estimate of drug-likeness (QED) is 0.759. The standard InChI is InChI=1S/C15H10N2O2/c18-15(19)11-9-14(13-7-3-4-8-16-13)17-12-6-2-1-5-10(11)12/h1-9H,(H,18,19). The average Bonchev–Trinajstić information content (AvgIpc) is 2.47. The van der Waals surface area contributed by atoms with Crippen molar-refractivity contribution in [2.24, 2.45) is 0 Å². The van der Waals surface area contributed by atoms with Crippen molar-refractivity contribution in [2.75, 3.05) is 0 Å². The highest BCUT2D eigenvalue weighted by molar-refractivity contribution is 6.03. The number of carbonyl (C=O) groups is 1. The Labute approximate surface area is 109 Å². The lowest BCUT2D eigenvalue weighted by atomic mass is 10.1. The molecular weight excluding hydrogens is 240 g/mol. The molecule has 0 aliphatic rings. The van der Waals surface area contributed by atoms with Crippen LogP contribution in [0.2, 0.25) is 0 Å². The van der Waals surface area contributed by atoms with Gasteiger partial charge in [0.15, 0.2) is 0 Å². The highest BCUT2D eigenvalue weighted by Crippen LogP contribution is 2.23. The van der Waals surface area contributed by atoms with E-state index < -0.39 is 5.97 Å². The van der Waals surface area contributed by atoms with Gasteiger partial charge < -0.3 is 5.11 Å². The van der Waals surface area contributed by atoms with E-state index in [1.165, 1.54) is 0 Å². The maximum absolute atomic E-state index is 11.4. The number of aromatic nitrogens is 2. The number of carboxylic acid groups (broad SMARTS) is 1. The number of para-hydroxylation sites is 1. The number of benzene rings is 1. The smallest absolute Gasteiger partial charge is 0.336 e. The molecule has 4 heteroatoms. The Balaban J connectivity index is 2.31. The maximum Gasteiger partial charge on any atom is 0.336 e. The number of pyridine rings is 2. The molecule has 0 fully saturated rings. The summed E-state index contributed by atoms with van der Waals surface area (Å²) in [5.74, 6) is -0.962. The molecular formula is C15H10N2O2.